The van der Waals surface area contributed by atoms with E-state index in [0.717, 1.165) is 50.3 Å². The number of esters is 1. The Bertz CT molecular complexity index is 1100. The van der Waals surface area contributed by atoms with Crippen molar-refractivity contribution in [2.45, 2.75) is 39.7 Å². The number of hydrogen-bond acceptors (Lipinski definition) is 5. The second-order valence-electron chi connectivity index (χ2n) is 8.24. The number of benzene rings is 1. The van der Waals surface area contributed by atoms with E-state index < -0.39 is 5.97 Å². The van der Waals surface area contributed by atoms with Gasteiger partial charge in [0.1, 0.15) is 11.4 Å². The monoisotopic (exact) mass is 431 g/mol. The average Bonchev–Trinajstić information content (AvgIpc) is 3.45. The number of nitrogens with zero attached hydrogens (tertiary/aromatic N) is 3. The molecule has 0 aliphatic carbocycles. The third-order valence-corrected chi connectivity index (χ3v) is 6.09. The Balaban J connectivity index is 1.41. The fourth-order valence-corrected chi connectivity index (χ4v) is 4.34. The van der Waals surface area contributed by atoms with Gasteiger partial charge in [-0.15, -0.1) is 0 Å². The van der Waals surface area contributed by atoms with Gasteiger partial charge in [0.25, 0.3) is 0 Å². The van der Waals surface area contributed by atoms with E-state index in [-0.39, 0.29) is 12.4 Å². The zero-order chi connectivity index (χ0) is 22.5. The highest BCUT2D eigenvalue weighted by Gasteiger charge is 2.23. The van der Waals surface area contributed by atoms with E-state index in [4.69, 9.17) is 4.74 Å². The van der Waals surface area contributed by atoms with Gasteiger partial charge in [-0.25, -0.2) is 9.78 Å². The summed E-state index contributed by atoms with van der Waals surface area (Å²) in [5, 5.41) is 0. The van der Waals surface area contributed by atoms with Gasteiger partial charge in [-0.1, -0.05) is 30.3 Å². The highest BCUT2D eigenvalue weighted by molar-refractivity contribution is 6.01. The molecule has 3 heterocycles. The molecule has 0 atom stereocenters. The lowest BCUT2D eigenvalue weighted by Gasteiger charge is -2.18. The number of aryl methyl sites for hydroxylation is 2. The molecule has 0 unspecified atom stereocenters. The number of ketones is 1. The maximum atomic E-state index is 12.9. The molecule has 0 amide bonds. The second-order valence-corrected chi connectivity index (χ2v) is 8.24. The van der Waals surface area contributed by atoms with Gasteiger partial charge >= 0.3 is 5.97 Å². The molecule has 0 saturated carbocycles. The highest BCUT2D eigenvalue weighted by atomic mass is 16.5. The van der Waals surface area contributed by atoms with Crippen LogP contribution in [0.5, 0.6) is 0 Å². The summed E-state index contributed by atoms with van der Waals surface area (Å²) < 4.78 is 7.56. The predicted octanol–water partition coefficient (Wildman–Crippen LogP) is 4.38. The first kappa shape index (κ1) is 21.8. The molecule has 2 aromatic heterocycles. The van der Waals surface area contributed by atoms with Crippen molar-refractivity contribution in [1.29, 1.82) is 0 Å². The van der Waals surface area contributed by atoms with Crippen molar-refractivity contribution >= 4 is 17.6 Å². The van der Waals surface area contributed by atoms with Crippen molar-refractivity contribution in [3.63, 3.8) is 0 Å². The van der Waals surface area contributed by atoms with Crippen molar-refractivity contribution in [3.8, 4) is 0 Å². The topological polar surface area (TPSA) is 64.4 Å². The SMILES string of the molecule is Cc1cc(C(=O)COC(=O)c2cccnc2N2CCCC2)c(C)n1CCc1ccccc1. The maximum Gasteiger partial charge on any atom is 0.342 e. The van der Waals surface area contributed by atoms with Crippen LogP contribution in [-0.2, 0) is 17.7 Å². The summed E-state index contributed by atoms with van der Waals surface area (Å²) in [5.41, 5.74) is 4.20. The molecule has 0 spiro atoms. The summed E-state index contributed by atoms with van der Waals surface area (Å²) in [6, 6.07) is 15.6. The summed E-state index contributed by atoms with van der Waals surface area (Å²) >= 11 is 0. The third kappa shape index (κ3) is 4.74. The van der Waals surface area contributed by atoms with Crippen LogP contribution in [0.3, 0.4) is 0 Å². The number of pyridine rings is 1. The average molecular weight is 432 g/mol. The van der Waals surface area contributed by atoms with Crippen LogP contribution in [0.1, 0.15) is 50.5 Å². The number of ether oxygens (including phenoxy) is 1. The van der Waals surface area contributed by atoms with Crippen molar-refractivity contribution in [2.24, 2.45) is 0 Å². The number of hydrogen-bond donors (Lipinski definition) is 0. The van der Waals surface area contributed by atoms with Gasteiger partial charge in [0.05, 0.1) is 0 Å². The molecule has 6 nitrogen and oxygen atoms in total. The van der Waals surface area contributed by atoms with Gasteiger partial charge in [-0.3, -0.25) is 4.79 Å². The Kier molecular flexibility index (Phi) is 6.69. The van der Waals surface area contributed by atoms with E-state index in [2.05, 4.69) is 26.6 Å². The fraction of sp³-hybridized carbons (Fsp3) is 0.346. The lowest BCUT2D eigenvalue weighted by molar-refractivity contribution is 0.0474. The zero-order valence-corrected chi connectivity index (χ0v) is 18.7. The molecule has 0 radical (unpaired) electrons. The Hall–Kier alpha value is -3.41. The van der Waals surface area contributed by atoms with E-state index >= 15 is 0 Å². The molecule has 0 bridgehead atoms. The normalized spacial score (nSPS) is 13.4. The molecular formula is C26H29N3O3. The van der Waals surface area contributed by atoms with E-state index in [9.17, 15) is 9.59 Å². The van der Waals surface area contributed by atoms with Crippen LogP contribution in [0.25, 0.3) is 0 Å². The smallest absolute Gasteiger partial charge is 0.342 e. The van der Waals surface area contributed by atoms with Gasteiger partial charge < -0.3 is 14.2 Å². The van der Waals surface area contributed by atoms with E-state index in [1.165, 1.54) is 5.56 Å². The zero-order valence-electron chi connectivity index (χ0n) is 18.7. The number of anilines is 1. The number of aromatic nitrogens is 2. The minimum atomic E-state index is -0.508. The summed E-state index contributed by atoms with van der Waals surface area (Å²) in [6.07, 6.45) is 4.74. The summed E-state index contributed by atoms with van der Waals surface area (Å²) in [7, 11) is 0. The number of Topliss-reactive ketones (excluding diaryl/α,β-unsaturated/α-hetero) is 1. The molecule has 6 heteroatoms. The van der Waals surface area contributed by atoms with E-state index in [1.54, 1.807) is 18.3 Å². The quantitative estimate of drug-likeness (QED) is 0.391. The van der Waals surface area contributed by atoms with Gasteiger partial charge in [0.2, 0.25) is 5.78 Å². The maximum absolute atomic E-state index is 12.9. The van der Waals surface area contributed by atoms with Gasteiger partial charge in [0, 0.05) is 42.8 Å². The van der Waals surface area contributed by atoms with Crippen LogP contribution >= 0.6 is 0 Å². The largest absolute Gasteiger partial charge is 0.454 e. The minimum absolute atomic E-state index is 0.191. The first-order chi connectivity index (χ1) is 15.5. The number of carbonyl (C=O) groups excluding carboxylic acids is 2. The number of rotatable bonds is 8. The van der Waals surface area contributed by atoms with Crippen molar-refractivity contribution < 1.29 is 14.3 Å². The molecule has 1 aromatic carbocycles. The Morgan fingerprint density at radius 2 is 1.75 bits per heavy atom. The highest BCUT2D eigenvalue weighted by Crippen LogP contribution is 2.23. The standard InChI is InChI=1S/C26H29N3O3/c1-19-17-23(20(2)29(19)16-12-21-9-4-3-5-10-21)24(30)18-32-26(31)22-11-8-13-27-25(22)28-14-6-7-15-28/h3-5,8-11,13,17H,6-7,12,14-16,18H2,1-2H3. The van der Waals surface area contributed by atoms with Crippen molar-refractivity contribution in [2.75, 3.05) is 24.6 Å². The number of carbonyl (C=O) groups is 2. The molecule has 1 aliphatic heterocycles. The Labute approximate surface area is 188 Å². The van der Waals surface area contributed by atoms with Crippen LogP contribution in [0.2, 0.25) is 0 Å². The lowest BCUT2D eigenvalue weighted by atomic mass is 10.1. The third-order valence-electron chi connectivity index (χ3n) is 6.09. The van der Waals surface area contributed by atoms with Crippen molar-refractivity contribution in [1.82, 2.24) is 9.55 Å². The molecule has 0 N–H and O–H groups in total. The predicted molar refractivity (Wildman–Crippen MR) is 124 cm³/mol. The Morgan fingerprint density at radius 1 is 1.00 bits per heavy atom. The fourth-order valence-electron chi connectivity index (χ4n) is 4.34. The van der Waals surface area contributed by atoms with Gasteiger partial charge in [-0.05, 0) is 56.9 Å². The minimum Gasteiger partial charge on any atom is -0.454 e. The second kappa shape index (κ2) is 9.81. The van der Waals surface area contributed by atoms with Gasteiger partial charge in [0.15, 0.2) is 6.61 Å². The Morgan fingerprint density at radius 3 is 2.50 bits per heavy atom. The molecule has 1 aliphatic rings. The summed E-state index contributed by atoms with van der Waals surface area (Å²) in [6.45, 7) is 6.22. The van der Waals surface area contributed by atoms with Crippen molar-refractivity contribution in [3.05, 3.63) is 82.8 Å². The van der Waals surface area contributed by atoms with Crippen LogP contribution in [0.15, 0.2) is 54.7 Å². The first-order valence-electron chi connectivity index (χ1n) is 11.2. The van der Waals surface area contributed by atoms with Crippen LogP contribution in [0, 0.1) is 13.8 Å². The molecule has 1 fully saturated rings. The van der Waals surface area contributed by atoms with Crippen LogP contribution in [-0.4, -0.2) is 41.0 Å². The lowest BCUT2D eigenvalue weighted by Crippen LogP contribution is -2.23. The summed E-state index contributed by atoms with van der Waals surface area (Å²) in [4.78, 5) is 32.1. The summed E-state index contributed by atoms with van der Waals surface area (Å²) in [5.74, 6) is -0.0585. The van der Waals surface area contributed by atoms with Crippen LogP contribution in [0.4, 0.5) is 5.82 Å². The molecule has 4 rings (SSSR count). The van der Waals surface area contributed by atoms with Gasteiger partial charge in [-0.2, -0.15) is 0 Å². The molecule has 32 heavy (non-hydrogen) atoms. The molecule has 3 aromatic rings. The molecule has 1 saturated heterocycles. The first-order valence-corrected chi connectivity index (χ1v) is 11.2. The van der Waals surface area contributed by atoms with E-state index in [0.29, 0.717) is 16.9 Å². The molecule has 166 valence electrons. The van der Waals surface area contributed by atoms with E-state index in [1.807, 2.05) is 38.1 Å². The van der Waals surface area contributed by atoms with Crippen LogP contribution < -0.4 is 4.90 Å². The molecular weight excluding hydrogens is 402 g/mol.